The Kier molecular flexibility index (Phi) is 6.27. The molecule has 1 aromatic carbocycles. The lowest BCUT2D eigenvalue weighted by molar-refractivity contribution is -0.137. The Labute approximate surface area is 135 Å². The van der Waals surface area contributed by atoms with Gasteiger partial charge in [-0.2, -0.15) is 11.8 Å². The van der Waals surface area contributed by atoms with Crippen LogP contribution in [0, 0.1) is 0 Å². The van der Waals surface area contributed by atoms with Crippen LogP contribution >= 0.6 is 11.8 Å². The number of nitrogens with one attached hydrogen (secondary N) is 1. The minimum Gasteiger partial charge on any atom is -0.329 e. The lowest BCUT2D eigenvalue weighted by Gasteiger charge is -2.26. The lowest BCUT2D eigenvalue weighted by Crippen LogP contribution is -2.49. The highest BCUT2D eigenvalue weighted by atomic mass is 32.2. The van der Waals surface area contributed by atoms with Crippen molar-refractivity contribution >= 4 is 29.3 Å². The van der Waals surface area contributed by atoms with Gasteiger partial charge in [-0.05, 0) is 43.4 Å². The Morgan fingerprint density at radius 3 is 2.82 bits per heavy atom. The predicted octanol–water partition coefficient (Wildman–Crippen LogP) is 1.70. The van der Waals surface area contributed by atoms with Crippen molar-refractivity contribution in [3.05, 3.63) is 30.3 Å². The standard InChI is InChI=1S/C16H23N3O2S/c1-22-11-9-13(17)16(21)19-10-5-8-14(19)15(20)18-12-6-3-2-4-7-12/h2-4,6-7,13-14H,5,8-11,17H2,1H3,(H,18,20)/t13-,14-/m0/s1. The molecule has 0 bridgehead atoms. The summed E-state index contributed by atoms with van der Waals surface area (Å²) in [6, 6.07) is 8.38. The van der Waals surface area contributed by atoms with Crippen molar-refractivity contribution in [1.82, 2.24) is 4.90 Å². The number of anilines is 1. The van der Waals surface area contributed by atoms with Crippen LogP contribution < -0.4 is 11.1 Å². The summed E-state index contributed by atoms with van der Waals surface area (Å²) >= 11 is 1.67. The van der Waals surface area contributed by atoms with Gasteiger partial charge in [0.25, 0.3) is 0 Å². The first-order chi connectivity index (χ1) is 10.6. The molecule has 2 atom stereocenters. The summed E-state index contributed by atoms with van der Waals surface area (Å²) in [7, 11) is 0. The highest BCUT2D eigenvalue weighted by Gasteiger charge is 2.35. The molecular formula is C16H23N3O2S. The zero-order valence-corrected chi connectivity index (χ0v) is 13.6. The number of para-hydroxylation sites is 1. The van der Waals surface area contributed by atoms with Crippen LogP contribution in [0.15, 0.2) is 30.3 Å². The van der Waals surface area contributed by atoms with Gasteiger partial charge >= 0.3 is 0 Å². The smallest absolute Gasteiger partial charge is 0.247 e. The highest BCUT2D eigenvalue weighted by molar-refractivity contribution is 7.98. The van der Waals surface area contributed by atoms with E-state index in [1.54, 1.807) is 16.7 Å². The van der Waals surface area contributed by atoms with E-state index >= 15 is 0 Å². The Morgan fingerprint density at radius 1 is 1.41 bits per heavy atom. The molecule has 0 radical (unpaired) electrons. The maximum Gasteiger partial charge on any atom is 0.247 e. The van der Waals surface area contributed by atoms with Gasteiger partial charge in [-0.1, -0.05) is 18.2 Å². The molecule has 1 aromatic rings. The second-order valence-corrected chi connectivity index (χ2v) is 6.42. The van der Waals surface area contributed by atoms with Gasteiger partial charge < -0.3 is 16.0 Å². The number of amides is 2. The van der Waals surface area contributed by atoms with Crippen LogP contribution in [0.25, 0.3) is 0 Å². The van der Waals surface area contributed by atoms with Gasteiger partial charge in [-0.25, -0.2) is 0 Å². The summed E-state index contributed by atoms with van der Waals surface area (Å²) in [5.74, 6) is 0.607. The molecule has 1 fully saturated rings. The third-order valence-electron chi connectivity index (χ3n) is 3.83. The molecule has 1 heterocycles. The zero-order chi connectivity index (χ0) is 15.9. The van der Waals surface area contributed by atoms with Crippen LogP contribution in [0.1, 0.15) is 19.3 Å². The third kappa shape index (κ3) is 4.24. The molecule has 0 aliphatic carbocycles. The average molecular weight is 321 g/mol. The van der Waals surface area contributed by atoms with Gasteiger partial charge in [0.15, 0.2) is 0 Å². The van der Waals surface area contributed by atoms with E-state index in [1.165, 1.54) is 0 Å². The van der Waals surface area contributed by atoms with Crippen LogP contribution in [-0.4, -0.2) is 47.4 Å². The molecule has 2 amide bonds. The number of likely N-dealkylation sites (tertiary alicyclic amines) is 1. The first-order valence-corrected chi connectivity index (χ1v) is 8.93. The highest BCUT2D eigenvalue weighted by Crippen LogP contribution is 2.20. The Hall–Kier alpha value is -1.53. The molecule has 1 aliphatic heterocycles. The van der Waals surface area contributed by atoms with Crippen molar-refractivity contribution in [2.45, 2.75) is 31.3 Å². The third-order valence-corrected chi connectivity index (χ3v) is 4.47. The van der Waals surface area contributed by atoms with E-state index < -0.39 is 12.1 Å². The minimum absolute atomic E-state index is 0.111. The maximum absolute atomic E-state index is 12.4. The fourth-order valence-corrected chi connectivity index (χ4v) is 3.12. The van der Waals surface area contributed by atoms with Gasteiger partial charge in [-0.15, -0.1) is 0 Å². The Morgan fingerprint density at radius 2 is 2.14 bits per heavy atom. The van der Waals surface area contributed by atoms with Crippen molar-refractivity contribution in [3.63, 3.8) is 0 Å². The molecule has 2 rings (SSSR count). The molecule has 6 heteroatoms. The molecule has 1 aliphatic rings. The summed E-state index contributed by atoms with van der Waals surface area (Å²) in [6.45, 7) is 0.610. The van der Waals surface area contributed by atoms with Gasteiger partial charge in [0.05, 0.1) is 6.04 Å². The molecule has 0 aromatic heterocycles. The van der Waals surface area contributed by atoms with E-state index in [0.717, 1.165) is 17.9 Å². The van der Waals surface area contributed by atoms with E-state index in [4.69, 9.17) is 5.73 Å². The fourth-order valence-electron chi connectivity index (χ4n) is 2.63. The van der Waals surface area contributed by atoms with Crippen molar-refractivity contribution in [1.29, 1.82) is 0 Å². The van der Waals surface area contributed by atoms with Gasteiger partial charge in [0, 0.05) is 12.2 Å². The van der Waals surface area contributed by atoms with Crippen LogP contribution in [0.4, 0.5) is 5.69 Å². The molecule has 5 nitrogen and oxygen atoms in total. The van der Waals surface area contributed by atoms with Crippen molar-refractivity contribution in [2.75, 3.05) is 23.9 Å². The SMILES string of the molecule is CSCC[C@H](N)C(=O)N1CCC[C@H]1C(=O)Nc1ccccc1. The summed E-state index contributed by atoms with van der Waals surface area (Å²) in [6.07, 6.45) is 4.17. The maximum atomic E-state index is 12.4. The topological polar surface area (TPSA) is 75.4 Å². The van der Waals surface area contributed by atoms with Crippen LogP contribution in [0.5, 0.6) is 0 Å². The van der Waals surface area contributed by atoms with Crippen LogP contribution in [0.2, 0.25) is 0 Å². The van der Waals surface area contributed by atoms with E-state index in [-0.39, 0.29) is 11.8 Å². The second-order valence-electron chi connectivity index (χ2n) is 5.43. The number of hydrogen-bond donors (Lipinski definition) is 2. The van der Waals surface area contributed by atoms with Crippen molar-refractivity contribution < 1.29 is 9.59 Å². The Balaban J connectivity index is 1.97. The fraction of sp³-hybridized carbons (Fsp3) is 0.500. The quantitative estimate of drug-likeness (QED) is 0.836. The Bertz CT molecular complexity index is 509. The van der Waals surface area contributed by atoms with Crippen LogP contribution in [0.3, 0.4) is 0 Å². The molecule has 0 saturated carbocycles. The molecule has 3 N–H and O–H groups in total. The largest absolute Gasteiger partial charge is 0.329 e. The van der Waals surface area contributed by atoms with E-state index in [0.29, 0.717) is 19.4 Å². The number of carbonyl (C=O) groups is 2. The normalized spacial score (nSPS) is 19.0. The minimum atomic E-state index is -0.516. The summed E-state index contributed by atoms with van der Waals surface area (Å²) in [4.78, 5) is 26.5. The van der Waals surface area contributed by atoms with Gasteiger partial charge in [-0.3, -0.25) is 9.59 Å². The number of carbonyl (C=O) groups excluding carboxylic acids is 2. The van der Waals surface area contributed by atoms with Crippen molar-refractivity contribution in [3.8, 4) is 0 Å². The molecule has 0 unspecified atom stereocenters. The predicted molar refractivity (Wildman–Crippen MR) is 90.8 cm³/mol. The van der Waals surface area contributed by atoms with Gasteiger partial charge in [0.2, 0.25) is 11.8 Å². The molecule has 0 spiro atoms. The number of nitrogens with zero attached hydrogens (tertiary/aromatic N) is 1. The molecular weight excluding hydrogens is 298 g/mol. The monoisotopic (exact) mass is 321 g/mol. The summed E-state index contributed by atoms with van der Waals surface area (Å²) in [5, 5.41) is 2.87. The number of nitrogens with two attached hydrogens (primary N) is 1. The number of hydrogen-bond acceptors (Lipinski definition) is 4. The summed E-state index contributed by atoms with van der Waals surface area (Å²) in [5.41, 5.74) is 6.71. The van der Waals surface area contributed by atoms with Crippen LogP contribution in [-0.2, 0) is 9.59 Å². The summed E-state index contributed by atoms with van der Waals surface area (Å²) < 4.78 is 0. The van der Waals surface area contributed by atoms with E-state index in [1.807, 2.05) is 36.6 Å². The average Bonchev–Trinajstić information content (AvgIpc) is 3.02. The molecule has 1 saturated heterocycles. The first-order valence-electron chi connectivity index (χ1n) is 7.54. The van der Waals surface area contributed by atoms with Gasteiger partial charge in [0.1, 0.15) is 6.04 Å². The second kappa shape index (κ2) is 8.19. The zero-order valence-electron chi connectivity index (χ0n) is 12.8. The molecule has 22 heavy (non-hydrogen) atoms. The number of rotatable bonds is 6. The first kappa shape index (κ1) is 16.8. The molecule has 120 valence electrons. The number of thioether (sulfide) groups is 1. The lowest BCUT2D eigenvalue weighted by atomic mass is 10.1. The van der Waals surface area contributed by atoms with Crippen molar-refractivity contribution in [2.24, 2.45) is 5.73 Å². The van der Waals surface area contributed by atoms with E-state index in [2.05, 4.69) is 5.32 Å². The number of benzene rings is 1. The van der Waals surface area contributed by atoms with E-state index in [9.17, 15) is 9.59 Å².